The van der Waals surface area contributed by atoms with Gasteiger partial charge in [0, 0.05) is 31.6 Å². The highest BCUT2D eigenvalue weighted by Gasteiger charge is 2.32. The zero-order valence-electron chi connectivity index (χ0n) is 17.9. The number of carbonyl (C=O) groups is 1. The third-order valence-electron chi connectivity index (χ3n) is 5.95. The van der Waals surface area contributed by atoms with E-state index in [4.69, 9.17) is 0 Å². The molecule has 1 aromatic carbocycles. The van der Waals surface area contributed by atoms with Gasteiger partial charge in [0.15, 0.2) is 0 Å². The molecular weight excluding hydrogens is 374 g/mol. The number of hydrogen-bond donors (Lipinski definition) is 1. The average Bonchev–Trinajstić information content (AvgIpc) is 2.69. The Kier molecular flexibility index (Phi) is 8.04. The second-order valence-corrected chi connectivity index (χ2v) is 9.68. The highest BCUT2D eigenvalue weighted by molar-refractivity contribution is 7.89. The molecule has 0 aromatic heterocycles. The monoisotopic (exact) mass is 409 g/mol. The van der Waals surface area contributed by atoms with Crippen LogP contribution in [0.1, 0.15) is 44.7 Å². The number of nitrogens with zero attached hydrogens (tertiary/aromatic N) is 2. The molecule has 0 radical (unpaired) electrons. The standard InChI is InChI=1S/C21H35N3O3S/c1-6-23(7-2)18(5)15-22-21(25)19-10-12-24(13-11-19)28(26,27)20-9-8-16(3)17(4)14-20/h8-9,14,18-19H,6-7,10-13,15H2,1-5H3,(H,22,25)/t18-/m1/s1. The van der Waals surface area contributed by atoms with E-state index in [2.05, 4.69) is 31.0 Å². The van der Waals surface area contributed by atoms with Gasteiger partial charge in [0.2, 0.25) is 15.9 Å². The van der Waals surface area contributed by atoms with Crippen molar-refractivity contribution in [3.8, 4) is 0 Å². The molecule has 2 rings (SSSR count). The van der Waals surface area contributed by atoms with Crippen molar-refractivity contribution in [3.05, 3.63) is 29.3 Å². The van der Waals surface area contributed by atoms with Crippen molar-refractivity contribution in [2.24, 2.45) is 5.92 Å². The van der Waals surface area contributed by atoms with Crippen LogP contribution in [0.2, 0.25) is 0 Å². The molecule has 1 amide bonds. The van der Waals surface area contributed by atoms with E-state index >= 15 is 0 Å². The van der Waals surface area contributed by atoms with Gasteiger partial charge in [0.05, 0.1) is 4.90 Å². The molecule has 0 spiro atoms. The molecule has 7 heteroatoms. The third kappa shape index (κ3) is 5.33. The first kappa shape index (κ1) is 22.8. The minimum absolute atomic E-state index is 0.0437. The van der Waals surface area contributed by atoms with Crippen molar-refractivity contribution in [2.45, 2.75) is 58.4 Å². The SMILES string of the molecule is CCN(CC)[C@H](C)CNC(=O)C1CCN(S(=O)(=O)c2ccc(C)c(C)c2)CC1. The number of nitrogens with one attached hydrogen (secondary N) is 1. The zero-order valence-corrected chi connectivity index (χ0v) is 18.7. The number of likely N-dealkylation sites (N-methyl/N-ethyl adjacent to an activating group) is 1. The van der Waals surface area contributed by atoms with Gasteiger partial charge in [0.1, 0.15) is 0 Å². The lowest BCUT2D eigenvalue weighted by molar-refractivity contribution is -0.126. The molecule has 0 unspecified atom stereocenters. The van der Waals surface area contributed by atoms with Crippen LogP contribution in [0.4, 0.5) is 0 Å². The molecule has 1 aromatic rings. The molecule has 158 valence electrons. The number of benzene rings is 1. The topological polar surface area (TPSA) is 69.7 Å². The summed E-state index contributed by atoms with van der Waals surface area (Å²) in [5.74, 6) is -0.0719. The molecule has 28 heavy (non-hydrogen) atoms. The summed E-state index contributed by atoms with van der Waals surface area (Å²) in [6.45, 7) is 13.6. The van der Waals surface area contributed by atoms with E-state index in [1.807, 2.05) is 19.9 Å². The van der Waals surface area contributed by atoms with Crippen LogP contribution in [0, 0.1) is 19.8 Å². The highest BCUT2D eigenvalue weighted by atomic mass is 32.2. The third-order valence-corrected chi connectivity index (χ3v) is 7.84. The van der Waals surface area contributed by atoms with Gasteiger partial charge < -0.3 is 5.32 Å². The van der Waals surface area contributed by atoms with Crippen LogP contribution in [-0.4, -0.2) is 62.3 Å². The Morgan fingerprint density at radius 1 is 1.18 bits per heavy atom. The predicted molar refractivity (Wildman–Crippen MR) is 113 cm³/mol. The van der Waals surface area contributed by atoms with Crippen LogP contribution in [-0.2, 0) is 14.8 Å². The van der Waals surface area contributed by atoms with Gasteiger partial charge in [0.25, 0.3) is 0 Å². The van der Waals surface area contributed by atoms with Gasteiger partial charge in [-0.15, -0.1) is 0 Å². The Balaban J connectivity index is 1.91. The maximum absolute atomic E-state index is 12.9. The van der Waals surface area contributed by atoms with Crippen LogP contribution in [0.3, 0.4) is 0 Å². The number of sulfonamides is 1. The van der Waals surface area contributed by atoms with E-state index in [0.717, 1.165) is 24.2 Å². The van der Waals surface area contributed by atoms with E-state index in [1.54, 1.807) is 12.1 Å². The van der Waals surface area contributed by atoms with Crippen molar-refractivity contribution < 1.29 is 13.2 Å². The predicted octanol–water partition coefficient (Wildman–Crippen LogP) is 2.55. The van der Waals surface area contributed by atoms with Crippen molar-refractivity contribution >= 4 is 15.9 Å². The van der Waals surface area contributed by atoms with E-state index in [1.165, 1.54) is 4.31 Å². The normalized spacial score (nSPS) is 17.6. The van der Waals surface area contributed by atoms with Crippen LogP contribution < -0.4 is 5.32 Å². The Bertz CT molecular complexity index is 767. The van der Waals surface area contributed by atoms with E-state index in [-0.39, 0.29) is 11.8 Å². The molecule has 1 N–H and O–H groups in total. The molecule has 0 saturated carbocycles. The minimum Gasteiger partial charge on any atom is -0.354 e. The number of hydrogen-bond acceptors (Lipinski definition) is 4. The fraction of sp³-hybridized carbons (Fsp3) is 0.667. The first-order chi connectivity index (χ1) is 13.2. The molecule has 1 fully saturated rings. The summed E-state index contributed by atoms with van der Waals surface area (Å²) in [5.41, 5.74) is 2.05. The number of piperidine rings is 1. The Hall–Kier alpha value is -1.44. The van der Waals surface area contributed by atoms with Crippen LogP contribution in [0.25, 0.3) is 0 Å². The number of carbonyl (C=O) groups excluding carboxylic acids is 1. The number of rotatable bonds is 8. The second kappa shape index (κ2) is 9.85. The van der Waals surface area contributed by atoms with Crippen molar-refractivity contribution in [1.82, 2.24) is 14.5 Å². The van der Waals surface area contributed by atoms with Crippen LogP contribution in [0.15, 0.2) is 23.1 Å². The summed E-state index contributed by atoms with van der Waals surface area (Å²) in [6, 6.07) is 5.55. The molecule has 0 aliphatic carbocycles. The Labute approximate surface area is 170 Å². The van der Waals surface area contributed by atoms with Gasteiger partial charge >= 0.3 is 0 Å². The molecule has 0 bridgehead atoms. The van der Waals surface area contributed by atoms with Crippen LogP contribution >= 0.6 is 0 Å². The first-order valence-electron chi connectivity index (χ1n) is 10.3. The Morgan fingerprint density at radius 2 is 1.79 bits per heavy atom. The van der Waals surface area contributed by atoms with Gasteiger partial charge in [-0.2, -0.15) is 4.31 Å². The molecular formula is C21H35N3O3S. The first-order valence-corrected chi connectivity index (χ1v) is 11.7. The molecule has 1 heterocycles. The average molecular weight is 410 g/mol. The van der Waals surface area contributed by atoms with Crippen molar-refractivity contribution in [2.75, 3.05) is 32.7 Å². The summed E-state index contributed by atoms with van der Waals surface area (Å²) in [5, 5.41) is 3.05. The lowest BCUT2D eigenvalue weighted by Gasteiger charge is -2.31. The van der Waals surface area contributed by atoms with Gasteiger partial charge in [-0.05, 0) is 70.0 Å². The van der Waals surface area contributed by atoms with Crippen molar-refractivity contribution in [3.63, 3.8) is 0 Å². The summed E-state index contributed by atoms with van der Waals surface area (Å²) in [6.07, 6.45) is 1.13. The van der Waals surface area contributed by atoms with Crippen molar-refractivity contribution in [1.29, 1.82) is 0 Å². The fourth-order valence-corrected chi connectivity index (χ4v) is 5.31. The second-order valence-electron chi connectivity index (χ2n) is 7.74. The lowest BCUT2D eigenvalue weighted by Crippen LogP contribution is -2.46. The summed E-state index contributed by atoms with van der Waals surface area (Å²) in [7, 11) is -3.50. The summed E-state index contributed by atoms with van der Waals surface area (Å²) < 4.78 is 27.3. The van der Waals surface area contributed by atoms with Gasteiger partial charge in [-0.3, -0.25) is 9.69 Å². The Morgan fingerprint density at radius 3 is 2.32 bits per heavy atom. The zero-order chi connectivity index (χ0) is 20.9. The quantitative estimate of drug-likeness (QED) is 0.716. The van der Waals surface area contributed by atoms with E-state index < -0.39 is 10.0 Å². The van der Waals surface area contributed by atoms with Gasteiger partial charge in [-0.25, -0.2) is 8.42 Å². The highest BCUT2D eigenvalue weighted by Crippen LogP contribution is 2.25. The molecule has 1 aliphatic rings. The summed E-state index contributed by atoms with van der Waals surface area (Å²) >= 11 is 0. The van der Waals surface area contributed by atoms with Crippen LogP contribution in [0.5, 0.6) is 0 Å². The maximum Gasteiger partial charge on any atom is 0.243 e. The molecule has 1 atom stereocenters. The fourth-order valence-electron chi connectivity index (χ4n) is 3.75. The van der Waals surface area contributed by atoms with E-state index in [9.17, 15) is 13.2 Å². The maximum atomic E-state index is 12.9. The minimum atomic E-state index is -3.50. The molecule has 1 aliphatic heterocycles. The smallest absolute Gasteiger partial charge is 0.243 e. The molecule has 6 nitrogen and oxygen atoms in total. The number of amides is 1. The molecule has 1 saturated heterocycles. The van der Waals surface area contributed by atoms with E-state index in [0.29, 0.717) is 43.4 Å². The summed E-state index contributed by atoms with van der Waals surface area (Å²) in [4.78, 5) is 15.2. The van der Waals surface area contributed by atoms with Gasteiger partial charge in [-0.1, -0.05) is 19.9 Å². The number of aryl methyl sites for hydroxylation is 2. The lowest BCUT2D eigenvalue weighted by atomic mass is 9.97. The largest absolute Gasteiger partial charge is 0.354 e.